The first-order valence-corrected chi connectivity index (χ1v) is 7.04. The molecule has 2 aromatic rings. The zero-order valence-electron chi connectivity index (χ0n) is 9.36. The van der Waals surface area contributed by atoms with Crippen LogP contribution in [0, 0.1) is 17.1 Å². The highest BCUT2D eigenvalue weighted by atomic mass is 79.9. The van der Waals surface area contributed by atoms with E-state index >= 15 is 0 Å². The van der Waals surface area contributed by atoms with Crippen molar-refractivity contribution in [3.8, 4) is 6.07 Å². The standard InChI is InChI=1S/C14H9BrFNS/c15-13-3-1-2-4-14(13)18-9-11-7-12(16)6-5-10(11)8-17/h1-7H,9H2. The van der Waals surface area contributed by atoms with E-state index < -0.39 is 0 Å². The van der Waals surface area contributed by atoms with Gasteiger partial charge in [0.05, 0.1) is 11.6 Å². The van der Waals surface area contributed by atoms with Crippen LogP contribution in [0.15, 0.2) is 51.8 Å². The molecule has 0 saturated heterocycles. The first-order chi connectivity index (χ1) is 8.70. The maximum atomic E-state index is 13.2. The SMILES string of the molecule is N#Cc1ccc(F)cc1CSc1ccccc1Br. The molecule has 0 aliphatic heterocycles. The fourth-order valence-electron chi connectivity index (χ4n) is 1.51. The average Bonchev–Trinajstić information content (AvgIpc) is 2.38. The molecule has 0 spiro atoms. The number of hydrogen-bond donors (Lipinski definition) is 0. The quantitative estimate of drug-likeness (QED) is 0.761. The molecule has 4 heteroatoms. The molecule has 18 heavy (non-hydrogen) atoms. The number of rotatable bonds is 3. The molecular weight excluding hydrogens is 313 g/mol. The summed E-state index contributed by atoms with van der Waals surface area (Å²) in [6.07, 6.45) is 0. The van der Waals surface area contributed by atoms with E-state index in [2.05, 4.69) is 22.0 Å². The molecule has 0 saturated carbocycles. The highest BCUT2D eigenvalue weighted by molar-refractivity contribution is 9.10. The first-order valence-electron chi connectivity index (χ1n) is 5.26. The van der Waals surface area contributed by atoms with Gasteiger partial charge in [0.25, 0.3) is 0 Å². The van der Waals surface area contributed by atoms with Crippen molar-refractivity contribution in [2.75, 3.05) is 0 Å². The second-order valence-electron chi connectivity index (χ2n) is 3.63. The third kappa shape index (κ3) is 3.12. The van der Waals surface area contributed by atoms with E-state index in [9.17, 15) is 4.39 Å². The lowest BCUT2D eigenvalue weighted by Gasteiger charge is -2.06. The molecular formula is C14H9BrFNS. The maximum Gasteiger partial charge on any atom is 0.123 e. The van der Waals surface area contributed by atoms with E-state index in [4.69, 9.17) is 5.26 Å². The maximum absolute atomic E-state index is 13.2. The first kappa shape index (κ1) is 13.1. The Hall–Kier alpha value is -1.31. The van der Waals surface area contributed by atoms with E-state index in [1.807, 2.05) is 24.3 Å². The fourth-order valence-corrected chi connectivity index (χ4v) is 3.07. The lowest BCUT2D eigenvalue weighted by molar-refractivity contribution is 0.626. The third-order valence-electron chi connectivity index (χ3n) is 2.41. The molecule has 0 aliphatic carbocycles. The van der Waals surface area contributed by atoms with Gasteiger partial charge in [-0.1, -0.05) is 12.1 Å². The summed E-state index contributed by atoms with van der Waals surface area (Å²) in [6.45, 7) is 0. The van der Waals surface area contributed by atoms with Crippen molar-refractivity contribution in [3.63, 3.8) is 0 Å². The molecule has 0 aromatic heterocycles. The summed E-state index contributed by atoms with van der Waals surface area (Å²) < 4.78 is 14.2. The highest BCUT2D eigenvalue weighted by Gasteiger charge is 2.06. The molecule has 0 unspecified atom stereocenters. The molecule has 2 aromatic carbocycles. The normalized spacial score (nSPS) is 10.1. The minimum absolute atomic E-state index is 0.309. The Labute approximate surface area is 118 Å². The smallest absolute Gasteiger partial charge is 0.123 e. The van der Waals surface area contributed by atoms with Gasteiger partial charge in [-0.05, 0) is 51.8 Å². The largest absolute Gasteiger partial charge is 0.207 e. The van der Waals surface area contributed by atoms with Gasteiger partial charge in [0.2, 0.25) is 0 Å². The fraction of sp³-hybridized carbons (Fsp3) is 0.0714. The Morgan fingerprint density at radius 2 is 2.00 bits per heavy atom. The van der Waals surface area contributed by atoms with Crippen LogP contribution in [0.2, 0.25) is 0 Å². The number of benzene rings is 2. The van der Waals surface area contributed by atoms with Crippen LogP contribution in [0.3, 0.4) is 0 Å². The number of nitriles is 1. The number of hydrogen-bond acceptors (Lipinski definition) is 2. The Balaban J connectivity index is 2.18. The molecule has 0 fully saturated rings. The number of nitrogens with zero attached hydrogens (tertiary/aromatic N) is 1. The van der Waals surface area contributed by atoms with Gasteiger partial charge < -0.3 is 0 Å². The number of halogens is 2. The summed E-state index contributed by atoms with van der Waals surface area (Å²) in [5.74, 6) is 0.264. The van der Waals surface area contributed by atoms with Crippen LogP contribution in [0.5, 0.6) is 0 Å². The Morgan fingerprint density at radius 1 is 1.22 bits per heavy atom. The lowest BCUT2D eigenvalue weighted by Crippen LogP contribution is -1.89. The van der Waals surface area contributed by atoms with Crippen LogP contribution in [-0.4, -0.2) is 0 Å². The Morgan fingerprint density at radius 3 is 2.72 bits per heavy atom. The van der Waals surface area contributed by atoms with Gasteiger partial charge in [-0.2, -0.15) is 5.26 Å². The van der Waals surface area contributed by atoms with Crippen molar-refractivity contribution < 1.29 is 4.39 Å². The molecule has 0 amide bonds. The summed E-state index contributed by atoms with van der Waals surface area (Å²) in [4.78, 5) is 1.07. The average molecular weight is 322 g/mol. The molecule has 0 radical (unpaired) electrons. The van der Waals surface area contributed by atoms with Crippen molar-refractivity contribution in [2.24, 2.45) is 0 Å². The van der Waals surface area contributed by atoms with E-state index in [0.717, 1.165) is 14.9 Å². The number of thioether (sulfide) groups is 1. The van der Waals surface area contributed by atoms with Crippen LogP contribution in [0.4, 0.5) is 4.39 Å². The van der Waals surface area contributed by atoms with Gasteiger partial charge in [0.15, 0.2) is 0 Å². The lowest BCUT2D eigenvalue weighted by atomic mass is 10.1. The molecule has 1 nitrogen and oxygen atoms in total. The predicted octanol–water partition coefficient (Wildman–Crippen LogP) is 4.75. The van der Waals surface area contributed by atoms with Gasteiger partial charge in [0, 0.05) is 15.1 Å². The highest BCUT2D eigenvalue weighted by Crippen LogP contribution is 2.30. The van der Waals surface area contributed by atoms with Crippen molar-refractivity contribution in [2.45, 2.75) is 10.6 Å². The van der Waals surface area contributed by atoms with E-state index in [0.29, 0.717) is 11.3 Å². The van der Waals surface area contributed by atoms with Gasteiger partial charge in [-0.15, -0.1) is 11.8 Å². The van der Waals surface area contributed by atoms with Gasteiger partial charge in [-0.3, -0.25) is 0 Å². The second kappa shape index (κ2) is 6.03. The molecule has 0 heterocycles. The zero-order valence-corrected chi connectivity index (χ0v) is 11.8. The second-order valence-corrected chi connectivity index (χ2v) is 5.50. The van der Waals surface area contributed by atoms with Crippen LogP contribution >= 0.6 is 27.7 Å². The zero-order chi connectivity index (χ0) is 13.0. The Kier molecular flexibility index (Phi) is 4.40. The molecule has 0 atom stereocenters. The van der Waals surface area contributed by atoms with Crippen molar-refractivity contribution in [3.05, 3.63) is 63.9 Å². The van der Waals surface area contributed by atoms with Gasteiger partial charge in [-0.25, -0.2) is 4.39 Å². The summed E-state index contributed by atoms with van der Waals surface area (Å²) in [7, 11) is 0. The van der Waals surface area contributed by atoms with Crippen LogP contribution in [0.25, 0.3) is 0 Å². The van der Waals surface area contributed by atoms with E-state index in [1.165, 1.54) is 18.2 Å². The summed E-state index contributed by atoms with van der Waals surface area (Å²) in [5, 5.41) is 8.97. The summed E-state index contributed by atoms with van der Waals surface area (Å²) in [6, 6.07) is 14.2. The molecule has 0 N–H and O–H groups in total. The molecule has 90 valence electrons. The topological polar surface area (TPSA) is 23.8 Å². The summed E-state index contributed by atoms with van der Waals surface area (Å²) in [5.41, 5.74) is 1.24. The molecule has 2 rings (SSSR count). The van der Waals surface area contributed by atoms with E-state index in [-0.39, 0.29) is 5.82 Å². The predicted molar refractivity (Wildman–Crippen MR) is 74.8 cm³/mol. The van der Waals surface area contributed by atoms with Crippen molar-refractivity contribution in [1.82, 2.24) is 0 Å². The summed E-state index contributed by atoms with van der Waals surface area (Å²) >= 11 is 5.03. The minimum atomic E-state index is -0.309. The van der Waals surface area contributed by atoms with Gasteiger partial charge in [0.1, 0.15) is 5.82 Å². The van der Waals surface area contributed by atoms with E-state index in [1.54, 1.807) is 11.8 Å². The molecule has 0 bridgehead atoms. The monoisotopic (exact) mass is 321 g/mol. The minimum Gasteiger partial charge on any atom is -0.207 e. The van der Waals surface area contributed by atoms with Crippen LogP contribution in [-0.2, 0) is 5.75 Å². The third-order valence-corrected chi connectivity index (χ3v) is 4.48. The van der Waals surface area contributed by atoms with Crippen LogP contribution < -0.4 is 0 Å². The Bertz CT molecular complexity index is 607. The van der Waals surface area contributed by atoms with Crippen LogP contribution in [0.1, 0.15) is 11.1 Å². The van der Waals surface area contributed by atoms with Crippen molar-refractivity contribution >= 4 is 27.7 Å². The van der Waals surface area contributed by atoms with Crippen molar-refractivity contribution in [1.29, 1.82) is 5.26 Å². The van der Waals surface area contributed by atoms with Gasteiger partial charge >= 0.3 is 0 Å². The molecule has 0 aliphatic rings.